The number of rotatable bonds is 4. The van der Waals surface area contributed by atoms with Gasteiger partial charge in [0.2, 0.25) is 0 Å². The Labute approximate surface area is 103 Å². The van der Waals surface area contributed by atoms with Crippen LogP contribution in [0.3, 0.4) is 0 Å². The van der Waals surface area contributed by atoms with Crippen molar-refractivity contribution in [1.29, 1.82) is 0 Å². The SMILES string of the molecule is CCC(Cc1cccc(C(F)(F)F)c1)NC(N)=O. The molecule has 100 valence electrons. The maximum atomic E-state index is 12.5. The number of carbonyl (C=O) groups is 1. The van der Waals surface area contributed by atoms with Crippen LogP contribution in [-0.4, -0.2) is 12.1 Å². The van der Waals surface area contributed by atoms with Gasteiger partial charge in [-0.05, 0) is 24.5 Å². The van der Waals surface area contributed by atoms with Crippen LogP contribution >= 0.6 is 0 Å². The minimum atomic E-state index is -4.35. The molecule has 1 aromatic rings. The number of carbonyl (C=O) groups excluding carboxylic acids is 1. The van der Waals surface area contributed by atoms with E-state index < -0.39 is 17.8 Å². The van der Waals surface area contributed by atoms with E-state index in [-0.39, 0.29) is 6.04 Å². The number of hydrogen-bond acceptors (Lipinski definition) is 1. The van der Waals surface area contributed by atoms with Crippen molar-refractivity contribution < 1.29 is 18.0 Å². The fourth-order valence-corrected chi connectivity index (χ4v) is 1.66. The molecule has 0 aromatic heterocycles. The zero-order valence-electron chi connectivity index (χ0n) is 9.92. The molecule has 3 nitrogen and oxygen atoms in total. The van der Waals surface area contributed by atoms with E-state index in [0.717, 1.165) is 12.1 Å². The summed E-state index contributed by atoms with van der Waals surface area (Å²) in [5, 5.41) is 2.49. The van der Waals surface area contributed by atoms with Gasteiger partial charge in [-0.25, -0.2) is 4.79 Å². The van der Waals surface area contributed by atoms with E-state index in [1.165, 1.54) is 6.07 Å². The third-order valence-electron chi connectivity index (χ3n) is 2.58. The smallest absolute Gasteiger partial charge is 0.352 e. The van der Waals surface area contributed by atoms with Gasteiger partial charge in [-0.1, -0.05) is 25.1 Å². The number of alkyl halides is 3. The quantitative estimate of drug-likeness (QED) is 0.859. The van der Waals surface area contributed by atoms with Crippen LogP contribution in [0.4, 0.5) is 18.0 Å². The topological polar surface area (TPSA) is 55.1 Å². The second-order valence-electron chi connectivity index (χ2n) is 4.02. The molecule has 0 saturated heterocycles. The number of amides is 2. The molecule has 0 fully saturated rings. The highest BCUT2D eigenvalue weighted by molar-refractivity contribution is 5.72. The summed E-state index contributed by atoms with van der Waals surface area (Å²) < 4.78 is 37.5. The second-order valence-corrected chi connectivity index (χ2v) is 4.02. The van der Waals surface area contributed by atoms with Gasteiger partial charge in [0.1, 0.15) is 0 Å². The highest BCUT2D eigenvalue weighted by Crippen LogP contribution is 2.29. The summed E-state index contributed by atoms with van der Waals surface area (Å²) in [4.78, 5) is 10.7. The Kier molecular flexibility index (Phi) is 4.58. The molecule has 2 amide bonds. The van der Waals surface area contributed by atoms with Crippen LogP contribution in [0, 0.1) is 0 Å². The van der Waals surface area contributed by atoms with E-state index in [1.807, 2.05) is 6.92 Å². The first-order chi connectivity index (χ1) is 8.32. The summed E-state index contributed by atoms with van der Waals surface area (Å²) in [6.45, 7) is 1.83. The Morgan fingerprint density at radius 1 is 1.44 bits per heavy atom. The van der Waals surface area contributed by atoms with Crippen LogP contribution in [0.2, 0.25) is 0 Å². The molecule has 0 saturated carbocycles. The highest BCUT2D eigenvalue weighted by atomic mass is 19.4. The predicted octanol–water partition coefficient (Wildman–Crippen LogP) is 2.69. The van der Waals surface area contributed by atoms with Crippen molar-refractivity contribution in [2.75, 3.05) is 0 Å². The summed E-state index contributed by atoms with van der Waals surface area (Å²) in [6.07, 6.45) is -3.43. The number of urea groups is 1. The van der Waals surface area contributed by atoms with E-state index >= 15 is 0 Å². The van der Waals surface area contributed by atoms with E-state index in [1.54, 1.807) is 6.07 Å². The van der Waals surface area contributed by atoms with Gasteiger partial charge in [0.05, 0.1) is 5.56 Å². The van der Waals surface area contributed by atoms with Crippen LogP contribution in [-0.2, 0) is 12.6 Å². The molecule has 0 bridgehead atoms. The van der Waals surface area contributed by atoms with Crippen LogP contribution in [0.1, 0.15) is 24.5 Å². The summed E-state index contributed by atoms with van der Waals surface area (Å²) in [6, 6.07) is 4.13. The molecule has 0 aliphatic rings. The van der Waals surface area contributed by atoms with Gasteiger partial charge < -0.3 is 11.1 Å². The van der Waals surface area contributed by atoms with Crippen molar-refractivity contribution in [3.05, 3.63) is 35.4 Å². The fourth-order valence-electron chi connectivity index (χ4n) is 1.66. The number of nitrogens with two attached hydrogens (primary N) is 1. The molecule has 0 aliphatic carbocycles. The van der Waals surface area contributed by atoms with E-state index in [4.69, 9.17) is 5.73 Å². The summed E-state index contributed by atoms with van der Waals surface area (Å²) in [5.74, 6) is 0. The largest absolute Gasteiger partial charge is 0.416 e. The maximum absolute atomic E-state index is 12.5. The zero-order chi connectivity index (χ0) is 13.8. The van der Waals surface area contributed by atoms with Gasteiger partial charge in [-0.15, -0.1) is 0 Å². The molecule has 3 N–H and O–H groups in total. The molecule has 1 rings (SSSR count). The predicted molar refractivity (Wildman–Crippen MR) is 61.9 cm³/mol. The van der Waals surface area contributed by atoms with Crippen LogP contribution in [0.5, 0.6) is 0 Å². The van der Waals surface area contributed by atoms with Crippen molar-refractivity contribution in [2.45, 2.75) is 32.0 Å². The van der Waals surface area contributed by atoms with Gasteiger partial charge in [-0.3, -0.25) is 0 Å². The number of primary amides is 1. The highest BCUT2D eigenvalue weighted by Gasteiger charge is 2.30. The first-order valence-corrected chi connectivity index (χ1v) is 5.55. The number of hydrogen-bond donors (Lipinski definition) is 2. The van der Waals surface area contributed by atoms with E-state index in [9.17, 15) is 18.0 Å². The lowest BCUT2D eigenvalue weighted by Crippen LogP contribution is -2.39. The van der Waals surface area contributed by atoms with Crippen LogP contribution in [0.25, 0.3) is 0 Å². The lowest BCUT2D eigenvalue weighted by Gasteiger charge is -2.16. The monoisotopic (exact) mass is 260 g/mol. The number of nitrogens with one attached hydrogen (secondary N) is 1. The minimum Gasteiger partial charge on any atom is -0.352 e. The summed E-state index contributed by atoms with van der Waals surface area (Å²) in [5.41, 5.74) is 4.82. The fraction of sp³-hybridized carbons (Fsp3) is 0.417. The lowest BCUT2D eigenvalue weighted by molar-refractivity contribution is -0.137. The molecule has 1 aromatic carbocycles. The van der Waals surface area contributed by atoms with Crippen molar-refractivity contribution in [1.82, 2.24) is 5.32 Å². The average molecular weight is 260 g/mol. The first-order valence-electron chi connectivity index (χ1n) is 5.55. The molecule has 1 atom stereocenters. The van der Waals surface area contributed by atoms with E-state index in [0.29, 0.717) is 18.4 Å². The number of halogens is 3. The van der Waals surface area contributed by atoms with Crippen LogP contribution in [0.15, 0.2) is 24.3 Å². The van der Waals surface area contributed by atoms with Crippen molar-refractivity contribution in [2.24, 2.45) is 5.73 Å². The molecule has 1 unspecified atom stereocenters. The maximum Gasteiger partial charge on any atom is 0.416 e. The van der Waals surface area contributed by atoms with Gasteiger partial charge in [-0.2, -0.15) is 13.2 Å². The lowest BCUT2D eigenvalue weighted by atomic mass is 10.0. The van der Waals surface area contributed by atoms with Crippen molar-refractivity contribution >= 4 is 6.03 Å². The molecular formula is C12H15F3N2O. The van der Waals surface area contributed by atoms with Gasteiger partial charge in [0, 0.05) is 6.04 Å². The summed E-state index contributed by atoms with van der Waals surface area (Å²) in [7, 11) is 0. The Morgan fingerprint density at radius 2 is 2.11 bits per heavy atom. The van der Waals surface area contributed by atoms with Crippen LogP contribution < -0.4 is 11.1 Å². The van der Waals surface area contributed by atoms with Gasteiger partial charge in [0.15, 0.2) is 0 Å². The zero-order valence-corrected chi connectivity index (χ0v) is 9.92. The molecule has 0 spiro atoms. The standard InChI is InChI=1S/C12H15F3N2O/c1-2-10(17-11(16)18)7-8-4-3-5-9(6-8)12(13,14)15/h3-6,10H,2,7H2,1H3,(H3,16,17,18). The van der Waals surface area contributed by atoms with Gasteiger partial charge >= 0.3 is 12.2 Å². The molecule has 18 heavy (non-hydrogen) atoms. The number of benzene rings is 1. The molecule has 0 radical (unpaired) electrons. The average Bonchev–Trinajstić information content (AvgIpc) is 2.26. The van der Waals surface area contributed by atoms with Crippen molar-refractivity contribution in [3.63, 3.8) is 0 Å². The Hall–Kier alpha value is -1.72. The third-order valence-corrected chi connectivity index (χ3v) is 2.58. The normalized spacial score (nSPS) is 13.1. The van der Waals surface area contributed by atoms with Gasteiger partial charge in [0.25, 0.3) is 0 Å². The molecular weight excluding hydrogens is 245 g/mol. The van der Waals surface area contributed by atoms with Crippen molar-refractivity contribution in [3.8, 4) is 0 Å². The molecule has 6 heteroatoms. The Bertz CT molecular complexity index is 418. The molecule has 0 aliphatic heterocycles. The Balaban J connectivity index is 2.81. The molecule has 0 heterocycles. The minimum absolute atomic E-state index is 0.258. The third kappa shape index (κ3) is 4.27. The first kappa shape index (κ1) is 14.3. The summed E-state index contributed by atoms with van der Waals surface area (Å²) >= 11 is 0. The van der Waals surface area contributed by atoms with E-state index in [2.05, 4.69) is 5.32 Å². The Morgan fingerprint density at radius 3 is 2.61 bits per heavy atom. The second kappa shape index (κ2) is 5.75.